The highest BCUT2D eigenvalue weighted by Crippen LogP contribution is 2.30. The predicted octanol–water partition coefficient (Wildman–Crippen LogP) is 13.6. The van der Waals surface area contributed by atoms with Crippen LogP contribution in [0.25, 0.3) is 44.1 Å². The second-order valence-corrected chi connectivity index (χ2v) is 13.2. The number of aromatic nitrogens is 1. The molecule has 8 aromatic carbocycles. The maximum atomic E-state index is 2.24. The van der Waals surface area contributed by atoms with Gasteiger partial charge in [0, 0.05) is 65.7 Å². The van der Waals surface area contributed by atoms with Crippen LogP contribution in [-0.4, -0.2) is 18.7 Å². The summed E-state index contributed by atoms with van der Waals surface area (Å²) >= 11 is 0. The molecule has 9 aromatic rings. The van der Waals surface area contributed by atoms with Crippen LogP contribution in [0.15, 0.2) is 218 Å². The molecule has 0 amide bonds. The topological polar surface area (TPSA) is 11.4 Å². The molecule has 0 radical (unpaired) electrons. The van der Waals surface area contributed by atoms with Crippen molar-refractivity contribution >= 4 is 44.6 Å². The molecule has 0 atom stereocenters. The number of rotatable bonds is 6. The Morgan fingerprint density at radius 3 is 0.889 bits per heavy atom. The number of para-hydroxylation sites is 4. The highest BCUT2D eigenvalue weighted by Gasteiger charge is 2.07. The molecule has 0 spiro atoms. The third-order valence-corrected chi connectivity index (χ3v) is 9.83. The van der Waals surface area contributed by atoms with Gasteiger partial charge >= 0.3 is 0 Å². The Morgan fingerprint density at radius 2 is 0.537 bits per heavy atom. The van der Waals surface area contributed by atoms with Crippen molar-refractivity contribution in [2.45, 2.75) is 0 Å². The average Bonchev–Trinajstić information content (AvgIpc) is 3.56. The van der Waals surface area contributed by atoms with Gasteiger partial charge in [-0.15, -0.1) is 0 Å². The summed E-state index contributed by atoms with van der Waals surface area (Å²) in [4.78, 5) is 4.38. The minimum atomic E-state index is 1.18. The Bertz CT molecular complexity index is 2310. The first-order valence-corrected chi connectivity index (χ1v) is 18.4. The van der Waals surface area contributed by atoms with E-state index in [0.717, 1.165) is 0 Å². The molecule has 0 bridgehead atoms. The van der Waals surface area contributed by atoms with Gasteiger partial charge in [-0.2, -0.15) is 0 Å². The van der Waals surface area contributed by atoms with E-state index in [2.05, 4.69) is 230 Å². The van der Waals surface area contributed by atoms with Crippen molar-refractivity contribution < 1.29 is 0 Å². The third kappa shape index (κ3) is 8.28. The normalized spacial score (nSPS) is 10.5. The molecule has 0 aliphatic carbocycles. The highest BCUT2D eigenvalue weighted by atomic mass is 15.1. The van der Waals surface area contributed by atoms with Gasteiger partial charge in [0.2, 0.25) is 0 Å². The van der Waals surface area contributed by atoms with Crippen LogP contribution in [0, 0.1) is 0 Å². The van der Waals surface area contributed by atoms with Crippen molar-refractivity contribution in [3.63, 3.8) is 0 Å². The molecule has 54 heavy (non-hydrogen) atoms. The van der Waals surface area contributed by atoms with Crippen LogP contribution in [0.4, 0.5) is 22.7 Å². The smallest absolute Gasteiger partial charge is 0.0488 e. The van der Waals surface area contributed by atoms with Gasteiger partial charge < -0.3 is 14.4 Å². The van der Waals surface area contributed by atoms with Crippen LogP contribution in [0.3, 0.4) is 0 Å². The lowest BCUT2D eigenvalue weighted by Gasteiger charge is -2.20. The number of hydrogen-bond acceptors (Lipinski definition) is 2. The average molecular weight is 700 g/mol. The Labute approximate surface area is 319 Å². The molecule has 0 saturated heterocycles. The molecule has 9 rings (SSSR count). The lowest BCUT2D eigenvalue weighted by Crippen LogP contribution is -2.08. The van der Waals surface area contributed by atoms with Gasteiger partial charge in [-0.1, -0.05) is 158 Å². The molecule has 0 aliphatic heterocycles. The predicted molar refractivity (Wildman–Crippen MR) is 233 cm³/mol. The molecular weight excluding hydrogens is 655 g/mol. The summed E-state index contributed by atoms with van der Waals surface area (Å²) in [6.45, 7) is 0. The fourth-order valence-corrected chi connectivity index (χ4v) is 6.74. The van der Waals surface area contributed by atoms with E-state index in [-0.39, 0.29) is 0 Å². The zero-order valence-corrected chi connectivity index (χ0v) is 31.1. The summed E-state index contributed by atoms with van der Waals surface area (Å²) in [6, 6.07) is 76.1. The van der Waals surface area contributed by atoms with Gasteiger partial charge in [0.25, 0.3) is 0 Å². The standard InChI is InChI=1S/C25H21N.C13H11N.C13H13N/c1-26(24-16-12-22(13-17-24)20-8-4-2-5-9-20)25-18-14-23(15-19-25)21-10-6-3-7-11-21;1-14-12-8-4-2-6-10(12)11-7-3-5-9-13(11)14;1-14(12-8-4-2-5-9-12)13-10-6-3-7-11-13/h2-19H,1H3;2-9H,1H3;2-11H,1H3. The third-order valence-electron chi connectivity index (χ3n) is 9.83. The van der Waals surface area contributed by atoms with Crippen molar-refractivity contribution in [3.8, 4) is 22.3 Å². The number of fused-ring (bicyclic) bond motifs is 3. The number of aryl methyl sites for hydroxylation is 1. The fraction of sp³-hybridized carbons (Fsp3) is 0.0588. The first-order chi connectivity index (χ1) is 26.6. The Kier molecular flexibility index (Phi) is 11.3. The van der Waals surface area contributed by atoms with Gasteiger partial charge in [-0.25, -0.2) is 0 Å². The van der Waals surface area contributed by atoms with Gasteiger partial charge in [-0.3, -0.25) is 0 Å². The SMILES string of the molecule is CN(c1ccc(-c2ccccc2)cc1)c1ccc(-c2ccccc2)cc1.CN(c1ccccc1)c1ccccc1.Cn1c2ccccc2c2ccccc21. The summed E-state index contributed by atoms with van der Waals surface area (Å²) in [7, 11) is 6.30. The van der Waals surface area contributed by atoms with E-state index in [4.69, 9.17) is 0 Å². The van der Waals surface area contributed by atoms with Crippen molar-refractivity contribution in [3.05, 3.63) is 218 Å². The molecule has 0 N–H and O–H groups in total. The quantitative estimate of drug-likeness (QED) is 0.171. The molecule has 3 nitrogen and oxygen atoms in total. The summed E-state index contributed by atoms with van der Waals surface area (Å²) in [5.41, 5.74) is 12.3. The zero-order chi connectivity index (χ0) is 37.1. The summed E-state index contributed by atoms with van der Waals surface area (Å²) in [5.74, 6) is 0. The van der Waals surface area contributed by atoms with Crippen molar-refractivity contribution in [1.29, 1.82) is 0 Å². The Balaban J connectivity index is 0.000000136. The van der Waals surface area contributed by atoms with Crippen LogP contribution in [0.1, 0.15) is 0 Å². The summed E-state index contributed by atoms with van der Waals surface area (Å²) in [5, 5.41) is 2.68. The monoisotopic (exact) mass is 699 g/mol. The first-order valence-electron chi connectivity index (χ1n) is 18.4. The number of benzene rings is 8. The molecule has 0 saturated carbocycles. The van der Waals surface area contributed by atoms with E-state index < -0.39 is 0 Å². The molecule has 0 fully saturated rings. The van der Waals surface area contributed by atoms with E-state index in [1.165, 1.54) is 66.8 Å². The van der Waals surface area contributed by atoms with Crippen molar-refractivity contribution in [2.75, 3.05) is 23.9 Å². The number of nitrogens with zero attached hydrogens (tertiary/aromatic N) is 3. The van der Waals surface area contributed by atoms with Crippen molar-refractivity contribution in [2.24, 2.45) is 7.05 Å². The summed E-state index contributed by atoms with van der Waals surface area (Å²) in [6.07, 6.45) is 0. The van der Waals surface area contributed by atoms with E-state index in [0.29, 0.717) is 0 Å². The molecule has 3 heteroatoms. The van der Waals surface area contributed by atoms with E-state index >= 15 is 0 Å². The maximum absolute atomic E-state index is 2.24. The zero-order valence-electron chi connectivity index (χ0n) is 31.1. The molecule has 1 aromatic heterocycles. The van der Waals surface area contributed by atoms with Gasteiger partial charge in [0.1, 0.15) is 0 Å². The highest BCUT2D eigenvalue weighted by molar-refractivity contribution is 6.07. The molecule has 264 valence electrons. The molecule has 0 aliphatic rings. The second-order valence-electron chi connectivity index (χ2n) is 13.2. The van der Waals surface area contributed by atoms with Crippen LogP contribution in [-0.2, 0) is 7.05 Å². The van der Waals surface area contributed by atoms with Crippen LogP contribution < -0.4 is 9.80 Å². The maximum Gasteiger partial charge on any atom is 0.0488 e. The fourth-order valence-electron chi connectivity index (χ4n) is 6.74. The largest absolute Gasteiger partial charge is 0.345 e. The van der Waals surface area contributed by atoms with Gasteiger partial charge in [0.05, 0.1) is 0 Å². The van der Waals surface area contributed by atoms with Gasteiger partial charge in [0.15, 0.2) is 0 Å². The summed E-state index contributed by atoms with van der Waals surface area (Å²) < 4.78 is 2.24. The second kappa shape index (κ2) is 17.1. The van der Waals surface area contributed by atoms with Crippen LogP contribution in [0.5, 0.6) is 0 Å². The first kappa shape index (κ1) is 35.6. The Hall–Kier alpha value is -6.84. The van der Waals surface area contributed by atoms with E-state index in [9.17, 15) is 0 Å². The lowest BCUT2D eigenvalue weighted by atomic mass is 10.0. The van der Waals surface area contributed by atoms with Crippen LogP contribution in [0.2, 0.25) is 0 Å². The van der Waals surface area contributed by atoms with E-state index in [1.807, 2.05) is 24.3 Å². The molecule has 1 heterocycles. The minimum absolute atomic E-state index is 1.18. The minimum Gasteiger partial charge on any atom is -0.345 e. The van der Waals surface area contributed by atoms with Crippen molar-refractivity contribution in [1.82, 2.24) is 4.57 Å². The number of anilines is 4. The van der Waals surface area contributed by atoms with E-state index in [1.54, 1.807) is 0 Å². The molecular formula is C51H45N3. The van der Waals surface area contributed by atoms with Crippen LogP contribution >= 0.6 is 0 Å². The Morgan fingerprint density at radius 1 is 0.278 bits per heavy atom. The van der Waals surface area contributed by atoms with Gasteiger partial charge in [-0.05, 0) is 82.9 Å². The molecule has 0 unspecified atom stereocenters. The lowest BCUT2D eigenvalue weighted by molar-refractivity contribution is 1.01. The number of hydrogen-bond donors (Lipinski definition) is 0.